The molecular weight excluding hydrogens is 390 g/mol. The summed E-state index contributed by atoms with van der Waals surface area (Å²) in [5.41, 5.74) is 0.444. The summed E-state index contributed by atoms with van der Waals surface area (Å²) >= 11 is 0. The van der Waals surface area contributed by atoms with Crippen molar-refractivity contribution in [2.75, 3.05) is 20.3 Å². The van der Waals surface area contributed by atoms with Gasteiger partial charge >= 0.3 is 12.3 Å². The van der Waals surface area contributed by atoms with Gasteiger partial charge in [0.05, 0.1) is 18.6 Å². The second-order valence-corrected chi connectivity index (χ2v) is 5.74. The number of ether oxygens (including phenoxy) is 3. The van der Waals surface area contributed by atoms with Crippen molar-refractivity contribution < 1.29 is 32.7 Å². The Labute approximate surface area is 165 Å². The van der Waals surface area contributed by atoms with Crippen LogP contribution in [-0.4, -0.2) is 37.7 Å². The zero-order chi connectivity index (χ0) is 21.4. The molecule has 0 atom stereocenters. The van der Waals surface area contributed by atoms with Crippen LogP contribution in [0.15, 0.2) is 36.4 Å². The lowest BCUT2D eigenvalue weighted by Crippen LogP contribution is -2.25. The van der Waals surface area contributed by atoms with Crippen molar-refractivity contribution >= 4 is 11.6 Å². The summed E-state index contributed by atoms with van der Waals surface area (Å²) in [5, 5.41) is 13.8. The fourth-order valence-corrected chi connectivity index (χ4v) is 2.57. The molecule has 29 heavy (non-hydrogen) atoms. The monoisotopic (exact) mass is 410 g/mol. The number of nitrogens with zero attached hydrogens (tertiary/aromatic N) is 1. The number of nitrogens with one attached hydrogen (secondary N) is 1. The first-order valence-corrected chi connectivity index (χ1v) is 8.66. The maximum atomic E-state index is 12.5. The summed E-state index contributed by atoms with van der Waals surface area (Å²) < 4.78 is 39.5. The Kier molecular flexibility index (Phi) is 7.70. The highest BCUT2D eigenvalue weighted by Gasteiger charge is 2.18. The number of benzene rings is 2. The van der Waals surface area contributed by atoms with Crippen LogP contribution >= 0.6 is 0 Å². The molecule has 0 fully saturated rings. The van der Waals surface area contributed by atoms with Gasteiger partial charge in [-0.2, -0.15) is 8.78 Å². The van der Waals surface area contributed by atoms with E-state index in [0.717, 1.165) is 6.07 Å². The topological polar surface area (TPSA) is 99.9 Å². The molecule has 0 aliphatic heterocycles. The van der Waals surface area contributed by atoms with Gasteiger partial charge in [0.2, 0.25) is 0 Å². The molecule has 0 radical (unpaired) electrons. The molecule has 0 saturated carbocycles. The van der Waals surface area contributed by atoms with Crippen LogP contribution in [0.2, 0.25) is 0 Å². The van der Waals surface area contributed by atoms with E-state index in [1.807, 2.05) is 0 Å². The lowest BCUT2D eigenvalue weighted by Gasteiger charge is -2.12. The van der Waals surface area contributed by atoms with Crippen LogP contribution in [0.1, 0.15) is 22.8 Å². The molecule has 156 valence electrons. The summed E-state index contributed by atoms with van der Waals surface area (Å²) in [4.78, 5) is 22.8. The van der Waals surface area contributed by atoms with Gasteiger partial charge in [0, 0.05) is 18.2 Å². The molecule has 2 rings (SSSR count). The zero-order valence-electron chi connectivity index (χ0n) is 15.8. The molecule has 0 aliphatic rings. The SMILES string of the molecule is CCOc1ccc(C(=O)NCCc2ccc(OC)c(OC(F)F)c2)cc1[N+](=O)[O-]. The molecule has 0 spiro atoms. The summed E-state index contributed by atoms with van der Waals surface area (Å²) in [6, 6.07) is 8.49. The minimum Gasteiger partial charge on any atom is -0.493 e. The smallest absolute Gasteiger partial charge is 0.387 e. The van der Waals surface area contributed by atoms with Crippen LogP contribution in [0.4, 0.5) is 14.5 Å². The Morgan fingerprint density at radius 1 is 1.17 bits per heavy atom. The van der Waals surface area contributed by atoms with Gasteiger partial charge in [-0.05, 0) is 43.2 Å². The molecule has 0 bridgehead atoms. The first kappa shape index (κ1) is 21.9. The molecule has 8 nitrogen and oxygen atoms in total. The number of rotatable bonds is 10. The number of carbonyl (C=O) groups is 1. The number of nitro groups is 1. The van der Waals surface area contributed by atoms with Gasteiger partial charge in [-0.25, -0.2) is 0 Å². The average molecular weight is 410 g/mol. The molecule has 1 amide bonds. The molecule has 10 heteroatoms. The second kappa shape index (κ2) is 10.2. The van der Waals surface area contributed by atoms with Crippen molar-refractivity contribution in [2.24, 2.45) is 0 Å². The van der Waals surface area contributed by atoms with Gasteiger partial charge in [-0.1, -0.05) is 6.07 Å². The predicted molar refractivity (Wildman–Crippen MR) is 99.9 cm³/mol. The number of alkyl halides is 2. The highest BCUT2D eigenvalue weighted by Crippen LogP contribution is 2.30. The quantitative estimate of drug-likeness (QED) is 0.475. The van der Waals surface area contributed by atoms with E-state index in [0.29, 0.717) is 12.0 Å². The molecule has 2 aromatic carbocycles. The minimum absolute atomic E-state index is 0.0823. The Balaban J connectivity index is 2.03. The maximum Gasteiger partial charge on any atom is 0.387 e. The largest absolute Gasteiger partial charge is 0.493 e. The Morgan fingerprint density at radius 3 is 2.52 bits per heavy atom. The fraction of sp³-hybridized carbons (Fsp3) is 0.316. The molecular formula is C19H20F2N2O6. The number of amides is 1. The number of carbonyl (C=O) groups excluding carboxylic acids is 1. The summed E-state index contributed by atoms with van der Waals surface area (Å²) in [7, 11) is 1.34. The third-order valence-electron chi connectivity index (χ3n) is 3.86. The molecule has 0 aliphatic carbocycles. The van der Waals surface area contributed by atoms with Crippen LogP contribution in [-0.2, 0) is 6.42 Å². The summed E-state index contributed by atoms with van der Waals surface area (Å²) in [5.74, 6) is -0.360. The molecule has 0 heterocycles. The first-order valence-electron chi connectivity index (χ1n) is 8.66. The first-order chi connectivity index (χ1) is 13.8. The number of halogens is 2. The predicted octanol–water partition coefficient (Wildman–Crippen LogP) is 3.58. The van der Waals surface area contributed by atoms with E-state index in [1.54, 1.807) is 13.0 Å². The Morgan fingerprint density at radius 2 is 1.90 bits per heavy atom. The lowest BCUT2D eigenvalue weighted by atomic mass is 10.1. The standard InChI is InChI=1S/C19H20F2N2O6/c1-3-28-15-7-5-13(11-14(15)23(25)26)18(24)22-9-8-12-4-6-16(27-2)17(10-12)29-19(20)21/h4-7,10-11,19H,3,8-9H2,1-2H3,(H,22,24). The van der Waals surface area contributed by atoms with Crippen molar-refractivity contribution in [1.29, 1.82) is 0 Å². The third-order valence-corrected chi connectivity index (χ3v) is 3.86. The van der Waals surface area contributed by atoms with Crippen LogP contribution in [0.3, 0.4) is 0 Å². The van der Waals surface area contributed by atoms with Crippen LogP contribution in [0.5, 0.6) is 17.2 Å². The van der Waals surface area contributed by atoms with Gasteiger partial charge in [0.1, 0.15) is 0 Å². The number of methoxy groups -OCH3 is 1. The highest BCUT2D eigenvalue weighted by molar-refractivity contribution is 5.95. The Hall–Kier alpha value is -3.43. The second-order valence-electron chi connectivity index (χ2n) is 5.74. The van der Waals surface area contributed by atoms with E-state index in [9.17, 15) is 23.7 Å². The molecule has 0 saturated heterocycles. The van der Waals surface area contributed by atoms with E-state index in [4.69, 9.17) is 9.47 Å². The molecule has 2 aromatic rings. The van der Waals surface area contributed by atoms with E-state index < -0.39 is 17.4 Å². The lowest BCUT2D eigenvalue weighted by molar-refractivity contribution is -0.385. The van der Waals surface area contributed by atoms with E-state index in [-0.39, 0.29) is 41.7 Å². The van der Waals surface area contributed by atoms with Crippen LogP contribution in [0, 0.1) is 10.1 Å². The fourth-order valence-electron chi connectivity index (χ4n) is 2.57. The average Bonchev–Trinajstić information content (AvgIpc) is 2.68. The number of hydrogen-bond acceptors (Lipinski definition) is 6. The number of nitro benzene ring substituents is 1. The van der Waals surface area contributed by atoms with E-state index in [1.165, 1.54) is 31.4 Å². The van der Waals surface area contributed by atoms with Crippen molar-refractivity contribution in [3.63, 3.8) is 0 Å². The molecule has 0 aromatic heterocycles. The normalized spacial score (nSPS) is 10.5. The molecule has 0 unspecified atom stereocenters. The van der Waals surface area contributed by atoms with Gasteiger partial charge in [0.15, 0.2) is 17.2 Å². The minimum atomic E-state index is -2.99. The molecule has 1 N–H and O–H groups in total. The van der Waals surface area contributed by atoms with Crippen LogP contribution in [0.25, 0.3) is 0 Å². The number of hydrogen-bond donors (Lipinski definition) is 1. The Bertz CT molecular complexity index is 876. The van der Waals surface area contributed by atoms with Crippen molar-refractivity contribution in [3.8, 4) is 17.2 Å². The zero-order valence-corrected chi connectivity index (χ0v) is 15.8. The van der Waals surface area contributed by atoms with Gasteiger partial charge in [-0.15, -0.1) is 0 Å². The van der Waals surface area contributed by atoms with E-state index in [2.05, 4.69) is 10.1 Å². The highest BCUT2D eigenvalue weighted by atomic mass is 19.3. The third kappa shape index (κ3) is 6.03. The van der Waals surface area contributed by atoms with Crippen molar-refractivity contribution in [2.45, 2.75) is 20.0 Å². The van der Waals surface area contributed by atoms with Crippen LogP contribution < -0.4 is 19.5 Å². The van der Waals surface area contributed by atoms with Crippen molar-refractivity contribution in [1.82, 2.24) is 5.32 Å². The summed E-state index contributed by atoms with van der Waals surface area (Å²) in [6.45, 7) is -0.859. The van der Waals surface area contributed by atoms with Gasteiger partial charge in [-0.3, -0.25) is 14.9 Å². The summed E-state index contributed by atoms with van der Waals surface area (Å²) in [6.07, 6.45) is 0.328. The van der Waals surface area contributed by atoms with Gasteiger partial charge in [0.25, 0.3) is 5.91 Å². The van der Waals surface area contributed by atoms with Gasteiger partial charge < -0.3 is 19.5 Å². The van der Waals surface area contributed by atoms with Crippen molar-refractivity contribution in [3.05, 3.63) is 57.6 Å². The maximum absolute atomic E-state index is 12.5. The van der Waals surface area contributed by atoms with E-state index >= 15 is 0 Å².